The predicted octanol–water partition coefficient (Wildman–Crippen LogP) is 2.30. The van der Waals surface area contributed by atoms with E-state index in [2.05, 4.69) is 55.3 Å². The molecule has 0 saturated heterocycles. The Morgan fingerprint density at radius 3 is 2.70 bits per heavy atom. The van der Waals surface area contributed by atoms with Crippen molar-refractivity contribution < 1.29 is 4.74 Å². The topological polar surface area (TPSA) is 37.4 Å². The zero-order valence-corrected chi connectivity index (χ0v) is 13.4. The van der Waals surface area contributed by atoms with Crippen LogP contribution in [0.25, 0.3) is 0 Å². The summed E-state index contributed by atoms with van der Waals surface area (Å²) in [5.41, 5.74) is 2.10. The van der Waals surface area contributed by atoms with Crippen molar-refractivity contribution in [3.05, 3.63) is 29.6 Å². The second-order valence-electron chi connectivity index (χ2n) is 5.85. The van der Waals surface area contributed by atoms with Crippen molar-refractivity contribution >= 4 is 0 Å². The normalized spacial score (nSPS) is 11.5. The fourth-order valence-electron chi connectivity index (χ4n) is 1.86. The Kier molecular flexibility index (Phi) is 8.42. The Morgan fingerprint density at radius 1 is 1.25 bits per heavy atom. The summed E-state index contributed by atoms with van der Waals surface area (Å²) in [6.45, 7) is 8.71. The summed E-state index contributed by atoms with van der Waals surface area (Å²) in [6, 6.07) is 6.14. The van der Waals surface area contributed by atoms with Gasteiger partial charge in [-0.05, 0) is 51.7 Å². The lowest BCUT2D eigenvalue weighted by Gasteiger charge is -2.10. The van der Waals surface area contributed by atoms with Crippen LogP contribution >= 0.6 is 0 Å². The van der Waals surface area contributed by atoms with Crippen LogP contribution in [-0.2, 0) is 17.9 Å². The molecule has 0 atom stereocenters. The Balaban J connectivity index is 2.25. The van der Waals surface area contributed by atoms with Crippen LogP contribution in [0.15, 0.2) is 18.2 Å². The average Bonchev–Trinajstić information content (AvgIpc) is 2.38. The third-order valence-electron chi connectivity index (χ3n) is 2.87. The first-order chi connectivity index (χ1) is 9.58. The molecule has 20 heavy (non-hydrogen) atoms. The molecule has 4 heteroatoms. The van der Waals surface area contributed by atoms with Gasteiger partial charge in [0, 0.05) is 13.2 Å². The lowest BCUT2D eigenvalue weighted by molar-refractivity contribution is 0.110. The summed E-state index contributed by atoms with van der Waals surface area (Å²) in [5.74, 6) is 0.665. The average molecular weight is 279 g/mol. The quantitative estimate of drug-likeness (QED) is 0.667. The van der Waals surface area contributed by atoms with E-state index in [1.807, 2.05) is 6.07 Å². The summed E-state index contributed by atoms with van der Waals surface area (Å²) in [4.78, 5) is 6.77. The molecule has 4 nitrogen and oxygen atoms in total. The highest BCUT2D eigenvalue weighted by Gasteiger charge is 2.00. The lowest BCUT2D eigenvalue weighted by Crippen LogP contribution is -2.19. The van der Waals surface area contributed by atoms with E-state index in [9.17, 15) is 0 Å². The van der Waals surface area contributed by atoms with Crippen molar-refractivity contribution in [1.29, 1.82) is 0 Å². The zero-order valence-electron chi connectivity index (χ0n) is 13.4. The highest BCUT2D eigenvalue weighted by Crippen LogP contribution is 2.02. The predicted molar refractivity (Wildman–Crippen MR) is 83.6 cm³/mol. The summed E-state index contributed by atoms with van der Waals surface area (Å²) in [7, 11) is 4.16. The molecule has 0 aromatic carbocycles. The van der Waals surface area contributed by atoms with Crippen LogP contribution in [-0.4, -0.2) is 43.7 Å². The molecule has 0 aliphatic heterocycles. The van der Waals surface area contributed by atoms with Gasteiger partial charge in [0.15, 0.2) is 0 Å². The molecule has 1 rings (SSSR count). The zero-order chi connectivity index (χ0) is 14.8. The summed E-state index contributed by atoms with van der Waals surface area (Å²) >= 11 is 0. The maximum absolute atomic E-state index is 5.66. The minimum atomic E-state index is 0.603. The van der Waals surface area contributed by atoms with Crippen molar-refractivity contribution in [2.75, 3.05) is 33.8 Å². The van der Waals surface area contributed by atoms with Crippen LogP contribution < -0.4 is 5.32 Å². The first-order valence-electron chi connectivity index (χ1n) is 7.46. The number of nitrogens with zero attached hydrogens (tertiary/aromatic N) is 2. The van der Waals surface area contributed by atoms with Crippen molar-refractivity contribution in [2.24, 2.45) is 5.92 Å². The standard InChI is InChI=1S/C16H29N3O/c1-14(2)11-17-12-15-7-5-8-16(18-15)13-20-10-6-9-19(3)4/h5,7-8,14,17H,6,9-13H2,1-4H3. The molecule has 1 N–H and O–H groups in total. The first-order valence-corrected chi connectivity index (χ1v) is 7.46. The molecule has 0 radical (unpaired) electrons. The minimum absolute atomic E-state index is 0.603. The molecule has 0 aliphatic rings. The number of hydrogen-bond acceptors (Lipinski definition) is 4. The summed E-state index contributed by atoms with van der Waals surface area (Å²) < 4.78 is 5.66. The van der Waals surface area contributed by atoms with Crippen LogP contribution in [0.4, 0.5) is 0 Å². The Morgan fingerprint density at radius 2 is 2.00 bits per heavy atom. The van der Waals surface area contributed by atoms with Gasteiger partial charge in [0.2, 0.25) is 0 Å². The van der Waals surface area contributed by atoms with E-state index in [0.717, 1.165) is 44.0 Å². The highest BCUT2D eigenvalue weighted by atomic mass is 16.5. The van der Waals surface area contributed by atoms with Crippen molar-refractivity contribution in [2.45, 2.75) is 33.4 Å². The van der Waals surface area contributed by atoms with Crippen LogP contribution in [0, 0.1) is 5.92 Å². The van der Waals surface area contributed by atoms with Gasteiger partial charge in [0.05, 0.1) is 18.0 Å². The maximum Gasteiger partial charge on any atom is 0.0887 e. The highest BCUT2D eigenvalue weighted by molar-refractivity contribution is 5.10. The first kappa shape index (κ1) is 17.1. The van der Waals surface area contributed by atoms with E-state index < -0.39 is 0 Å². The number of aromatic nitrogens is 1. The third kappa shape index (κ3) is 8.25. The van der Waals surface area contributed by atoms with Crippen molar-refractivity contribution in [1.82, 2.24) is 15.2 Å². The molecule has 1 aromatic rings. The van der Waals surface area contributed by atoms with Gasteiger partial charge in [0.25, 0.3) is 0 Å². The minimum Gasteiger partial charge on any atom is -0.375 e. The van der Waals surface area contributed by atoms with Gasteiger partial charge in [-0.15, -0.1) is 0 Å². The number of rotatable bonds is 10. The van der Waals surface area contributed by atoms with Gasteiger partial charge >= 0.3 is 0 Å². The molecular weight excluding hydrogens is 250 g/mol. The number of ether oxygens (including phenoxy) is 1. The smallest absolute Gasteiger partial charge is 0.0887 e. The molecule has 1 heterocycles. The van der Waals surface area contributed by atoms with E-state index in [1.165, 1.54) is 0 Å². The van der Waals surface area contributed by atoms with Gasteiger partial charge in [0.1, 0.15) is 0 Å². The molecule has 0 amide bonds. The second-order valence-corrected chi connectivity index (χ2v) is 5.85. The Labute approximate surface area is 123 Å². The number of nitrogens with one attached hydrogen (secondary N) is 1. The Bertz CT molecular complexity index is 366. The van der Waals surface area contributed by atoms with E-state index in [4.69, 9.17) is 4.74 Å². The Hall–Kier alpha value is -0.970. The maximum atomic E-state index is 5.66. The lowest BCUT2D eigenvalue weighted by atomic mass is 10.2. The van der Waals surface area contributed by atoms with Gasteiger partial charge in [-0.2, -0.15) is 0 Å². The molecule has 114 valence electrons. The largest absolute Gasteiger partial charge is 0.375 e. The molecule has 0 unspecified atom stereocenters. The van der Waals surface area contributed by atoms with Gasteiger partial charge in [-0.1, -0.05) is 19.9 Å². The monoisotopic (exact) mass is 279 g/mol. The third-order valence-corrected chi connectivity index (χ3v) is 2.87. The van der Waals surface area contributed by atoms with Crippen molar-refractivity contribution in [3.8, 4) is 0 Å². The van der Waals surface area contributed by atoms with E-state index in [-0.39, 0.29) is 0 Å². The van der Waals surface area contributed by atoms with Gasteiger partial charge < -0.3 is 15.0 Å². The number of pyridine rings is 1. The molecule has 1 aromatic heterocycles. The fourth-order valence-corrected chi connectivity index (χ4v) is 1.86. The molecule has 0 spiro atoms. The van der Waals surface area contributed by atoms with Gasteiger partial charge in [-0.3, -0.25) is 4.98 Å². The number of hydrogen-bond donors (Lipinski definition) is 1. The molecule has 0 fully saturated rings. The van der Waals surface area contributed by atoms with E-state index in [0.29, 0.717) is 12.5 Å². The fraction of sp³-hybridized carbons (Fsp3) is 0.688. The molecular formula is C16H29N3O. The van der Waals surface area contributed by atoms with Crippen LogP contribution in [0.1, 0.15) is 31.7 Å². The van der Waals surface area contributed by atoms with Gasteiger partial charge in [-0.25, -0.2) is 0 Å². The van der Waals surface area contributed by atoms with Crippen molar-refractivity contribution in [3.63, 3.8) is 0 Å². The summed E-state index contributed by atoms with van der Waals surface area (Å²) in [5, 5.41) is 3.41. The molecule has 0 bridgehead atoms. The van der Waals surface area contributed by atoms with E-state index >= 15 is 0 Å². The van der Waals surface area contributed by atoms with E-state index in [1.54, 1.807) is 0 Å². The SMILES string of the molecule is CC(C)CNCc1cccc(COCCCN(C)C)n1. The van der Waals surface area contributed by atoms with Crippen LogP contribution in [0.3, 0.4) is 0 Å². The van der Waals surface area contributed by atoms with Crippen LogP contribution in [0.2, 0.25) is 0 Å². The summed E-state index contributed by atoms with van der Waals surface area (Å²) in [6.07, 6.45) is 1.06. The second kappa shape index (κ2) is 9.86. The molecule has 0 saturated carbocycles. The van der Waals surface area contributed by atoms with Crippen LogP contribution in [0.5, 0.6) is 0 Å². The molecule has 0 aliphatic carbocycles.